The van der Waals surface area contributed by atoms with E-state index >= 15 is 0 Å². The molecule has 0 bridgehead atoms. The van der Waals surface area contributed by atoms with Gasteiger partial charge in [0.25, 0.3) is 5.69 Å². The van der Waals surface area contributed by atoms with Gasteiger partial charge < -0.3 is 4.90 Å². The summed E-state index contributed by atoms with van der Waals surface area (Å²) in [5.74, 6) is 0. The lowest BCUT2D eigenvalue weighted by Gasteiger charge is -2.19. The number of nitrogens with zero attached hydrogens (tertiary/aromatic N) is 3. The fraction of sp³-hybridized carbons (Fsp3) is 0.333. The Balaban J connectivity index is 2.40. The second-order valence-corrected chi connectivity index (χ2v) is 4.30. The van der Waals surface area contributed by atoms with Crippen LogP contribution in [-0.4, -0.2) is 22.9 Å². The molecule has 0 spiro atoms. The molecule has 0 unspecified atom stereocenters. The van der Waals surface area contributed by atoms with Crippen molar-refractivity contribution in [3.63, 3.8) is 0 Å². The minimum atomic E-state index is -0.577. The van der Waals surface area contributed by atoms with Gasteiger partial charge in [-0.2, -0.15) is 0 Å². The van der Waals surface area contributed by atoms with E-state index in [9.17, 15) is 20.2 Å². The minimum Gasteiger partial charge on any atom is -0.371 e. The first-order chi connectivity index (χ1) is 9.08. The van der Waals surface area contributed by atoms with Gasteiger partial charge in [-0.3, -0.25) is 20.2 Å². The number of hydrogen-bond donors (Lipinski definition) is 0. The molecule has 0 N–H and O–H groups in total. The molecule has 1 aliphatic rings. The van der Waals surface area contributed by atoms with E-state index in [1.807, 2.05) is 0 Å². The summed E-state index contributed by atoms with van der Waals surface area (Å²) in [5.41, 5.74) is 1.25. The van der Waals surface area contributed by atoms with Gasteiger partial charge in [0.05, 0.1) is 9.85 Å². The van der Waals surface area contributed by atoms with Crippen LogP contribution in [0.1, 0.15) is 18.4 Å². The summed E-state index contributed by atoms with van der Waals surface area (Å²) in [7, 11) is 0. The largest absolute Gasteiger partial charge is 0.371 e. The number of anilines is 1. The molecule has 1 aliphatic heterocycles. The fourth-order valence-electron chi connectivity index (χ4n) is 2.18. The lowest BCUT2D eigenvalue weighted by Crippen LogP contribution is -2.18. The lowest BCUT2D eigenvalue weighted by atomic mass is 10.1. The molecule has 0 radical (unpaired) electrons. The molecule has 1 aromatic carbocycles. The van der Waals surface area contributed by atoms with E-state index in [1.165, 1.54) is 18.2 Å². The molecule has 0 aliphatic carbocycles. The Morgan fingerprint density at radius 1 is 1.16 bits per heavy atom. The summed E-state index contributed by atoms with van der Waals surface area (Å²) in [6.45, 7) is 1.74. The molecule has 19 heavy (non-hydrogen) atoms. The first kappa shape index (κ1) is 13.0. The predicted molar refractivity (Wildman–Crippen MR) is 70.6 cm³/mol. The molecular weight excluding hydrogens is 250 g/mol. The lowest BCUT2D eigenvalue weighted by molar-refractivity contribution is -0.400. The van der Waals surface area contributed by atoms with Gasteiger partial charge in [0.1, 0.15) is 0 Å². The average Bonchev–Trinajstić information content (AvgIpc) is 2.89. The second kappa shape index (κ2) is 5.47. The van der Waals surface area contributed by atoms with Gasteiger partial charge in [0.15, 0.2) is 0 Å². The number of rotatable bonds is 4. The fourth-order valence-corrected chi connectivity index (χ4v) is 2.18. The Labute approximate surface area is 109 Å². The van der Waals surface area contributed by atoms with Crippen molar-refractivity contribution in [3.05, 3.63) is 50.2 Å². The summed E-state index contributed by atoms with van der Waals surface area (Å²) in [5, 5.41) is 21.2. The van der Waals surface area contributed by atoms with Gasteiger partial charge in [0.2, 0.25) is 6.20 Å². The van der Waals surface area contributed by atoms with Crippen molar-refractivity contribution in [1.29, 1.82) is 0 Å². The number of hydrogen-bond acceptors (Lipinski definition) is 5. The third kappa shape index (κ3) is 3.06. The molecule has 7 nitrogen and oxygen atoms in total. The number of nitro benzene ring substituents is 1. The molecule has 100 valence electrons. The number of benzene rings is 1. The standard InChI is InChI=1S/C12H13N3O4/c16-14(17)8-5-10-9-11(15(18)19)3-4-12(10)13-6-1-2-7-13/h3-5,8-9H,1-2,6-7H2/b8-5+. The van der Waals surface area contributed by atoms with Gasteiger partial charge in [-0.25, -0.2) is 0 Å². The summed E-state index contributed by atoms with van der Waals surface area (Å²) in [6, 6.07) is 4.45. The van der Waals surface area contributed by atoms with Gasteiger partial charge in [-0.05, 0) is 18.9 Å². The highest BCUT2D eigenvalue weighted by Gasteiger charge is 2.17. The monoisotopic (exact) mass is 263 g/mol. The second-order valence-electron chi connectivity index (χ2n) is 4.30. The number of non-ortho nitro benzene ring substituents is 1. The molecule has 0 atom stereocenters. The molecule has 0 saturated carbocycles. The van der Waals surface area contributed by atoms with E-state index in [1.54, 1.807) is 6.07 Å². The molecule has 1 fully saturated rings. The molecule has 0 amide bonds. The van der Waals surface area contributed by atoms with Crippen molar-refractivity contribution in [2.75, 3.05) is 18.0 Å². The van der Waals surface area contributed by atoms with Crippen molar-refractivity contribution in [1.82, 2.24) is 0 Å². The molecule has 1 heterocycles. The van der Waals surface area contributed by atoms with Crippen LogP contribution in [0.5, 0.6) is 0 Å². The van der Waals surface area contributed by atoms with Gasteiger partial charge >= 0.3 is 0 Å². The maximum Gasteiger partial charge on any atom is 0.270 e. The third-order valence-electron chi connectivity index (χ3n) is 3.04. The SMILES string of the molecule is O=[N+]([O-])/C=C/c1cc([N+](=O)[O-])ccc1N1CCCC1. The molecular formula is C12H13N3O4. The first-order valence-corrected chi connectivity index (χ1v) is 5.93. The molecule has 2 rings (SSSR count). The van der Waals surface area contributed by atoms with Crippen LogP contribution in [-0.2, 0) is 0 Å². The molecule has 7 heteroatoms. The van der Waals surface area contributed by atoms with Gasteiger partial charge in [0, 0.05) is 42.5 Å². The van der Waals surface area contributed by atoms with Crippen molar-refractivity contribution in [2.24, 2.45) is 0 Å². The first-order valence-electron chi connectivity index (χ1n) is 5.93. The van der Waals surface area contributed by atoms with E-state index in [0.29, 0.717) is 5.56 Å². The Hall–Kier alpha value is -2.44. The van der Waals surface area contributed by atoms with Crippen molar-refractivity contribution >= 4 is 17.5 Å². The maximum atomic E-state index is 10.8. The highest BCUT2D eigenvalue weighted by atomic mass is 16.6. The molecule has 0 aromatic heterocycles. The highest BCUT2D eigenvalue weighted by molar-refractivity contribution is 5.70. The normalized spacial score (nSPS) is 15.1. The quantitative estimate of drug-likeness (QED) is 0.614. The van der Waals surface area contributed by atoms with E-state index in [0.717, 1.165) is 37.8 Å². The van der Waals surface area contributed by atoms with Gasteiger partial charge in [-0.15, -0.1) is 0 Å². The van der Waals surface area contributed by atoms with Crippen LogP contribution in [0.3, 0.4) is 0 Å². The van der Waals surface area contributed by atoms with Crippen LogP contribution in [0.4, 0.5) is 11.4 Å². The van der Waals surface area contributed by atoms with Crippen LogP contribution >= 0.6 is 0 Å². The minimum absolute atomic E-state index is 0.0639. The maximum absolute atomic E-state index is 10.8. The Morgan fingerprint density at radius 3 is 2.42 bits per heavy atom. The summed E-state index contributed by atoms with van der Waals surface area (Å²) in [6.07, 6.45) is 4.24. The Bertz CT molecular complexity index is 536. The summed E-state index contributed by atoms with van der Waals surface area (Å²) in [4.78, 5) is 22.2. The predicted octanol–water partition coefficient (Wildman–Crippen LogP) is 2.44. The van der Waals surface area contributed by atoms with Crippen LogP contribution in [0.2, 0.25) is 0 Å². The van der Waals surface area contributed by atoms with Crippen LogP contribution < -0.4 is 4.90 Å². The van der Waals surface area contributed by atoms with Crippen LogP contribution in [0, 0.1) is 20.2 Å². The zero-order chi connectivity index (χ0) is 13.8. The molecule has 1 saturated heterocycles. The third-order valence-corrected chi connectivity index (χ3v) is 3.04. The van der Waals surface area contributed by atoms with E-state index < -0.39 is 9.85 Å². The van der Waals surface area contributed by atoms with Crippen molar-refractivity contribution in [2.45, 2.75) is 12.8 Å². The zero-order valence-electron chi connectivity index (χ0n) is 10.2. The topological polar surface area (TPSA) is 89.5 Å². The number of nitro groups is 2. The van der Waals surface area contributed by atoms with E-state index in [-0.39, 0.29) is 5.69 Å². The van der Waals surface area contributed by atoms with Crippen LogP contribution in [0.25, 0.3) is 6.08 Å². The average molecular weight is 263 g/mol. The molecule has 1 aromatic rings. The zero-order valence-corrected chi connectivity index (χ0v) is 10.2. The van der Waals surface area contributed by atoms with E-state index in [4.69, 9.17) is 0 Å². The Morgan fingerprint density at radius 2 is 1.84 bits per heavy atom. The van der Waals surface area contributed by atoms with Gasteiger partial charge in [-0.1, -0.05) is 0 Å². The van der Waals surface area contributed by atoms with Crippen molar-refractivity contribution in [3.8, 4) is 0 Å². The van der Waals surface area contributed by atoms with Crippen LogP contribution in [0.15, 0.2) is 24.4 Å². The van der Waals surface area contributed by atoms with E-state index in [2.05, 4.69) is 4.90 Å². The van der Waals surface area contributed by atoms with Crippen molar-refractivity contribution < 1.29 is 9.85 Å². The highest BCUT2D eigenvalue weighted by Crippen LogP contribution is 2.29. The summed E-state index contributed by atoms with van der Waals surface area (Å²) < 4.78 is 0. The Kier molecular flexibility index (Phi) is 3.74. The summed E-state index contributed by atoms with van der Waals surface area (Å²) >= 11 is 0. The smallest absolute Gasteiger partial charge is 0.270 e.